The van der Waals surface area contributed by atoms with Crippen molar-refractivity contribution in [3.63, 3.8) is 0 Å². The van der Waals surface area contributed by atoms with Gasteiger partial charge in [-0.1, -0.05) is 48.5 Å². The van der Waals surface area contributed by atoms with Gasteiger partial charge in [0.2, 0.25) is 5.91 Å². The molecule has 1 unspecified atom stereocenters. The molecule has 162 valence electrons. The van der Waals surface area contributed by atoms with Crippen LogP contribution in [0.1, 0.15) is 25.0 Å². The topological polar surface area (TPSA) is 58.2 Å². The highest BCUT2D eigenvalue weighted by molar-refractivity contribution is 7.99. The molecule has 0 spiro atoms. The van der Waals surface area contributed by atoms with E-state index in [-0.39, 0.29) is 30.1 Å². The minimum absolute atomic E-state index is 0. The predicted octanol–water partition coefficient (Wildman–Crippen LogP) is 5.67. The Labute approximate surface area is 192 Å². The Morgan fingerprint density at radius 1 is 1.33 bits per heavy atom. The Kier molecular flexibility index (Phi) is 9.04. The highest BCUT2D eigenvalue weighted by Gasteiger charge is 2.25. The summed E-state index contributed by atoms with van der Waals surface area (Å²) in [5.41, 5.74) is 4.93. The fourth-order valence-electron chi connectivity index (χ4n) is 3.48. The second-order valence-electron chi connectivity index (χ2n) is 7.00. The van der Waals surface area contributed by atoms with E-state index in [2.05, 4.69) is 23.0 Å². The highest BCUT2D eigenvalue weighted by atomic mass is 35.5. The molecule has 3 aromatic rings. The van der Waals surface area contributed by atoms with E-state index in [0.717, 1.165) is 34.3 Å². The van der Waals surface area contributed by atoms with Crippen LogP contribution >= 0.6 is 35.8 Å². The quantitative estimate of drug-likeness (QED) is 0.433. The van der Waals surface area contributed by atoms with Gasteiger partial charge >= 0.3 is 0 Å². The number of benzene rings is 2. The number of nitrogens with zero attached hydrogens (tertiary/aromatic N) is 2. The summed E-state index contributed by atoms with van der Waals surface area (Å²) < 4.78 is 5.35. The molecule has 0 saturated carbocycles. The Bertz CT molecular complexity index is 1010. The Morgan fingerprint density at radius 2 is 2.10 bits per heavy atom. The number of aryl methyl sites for hydroxylation is 2. The average Bonchev–Trinajstić information content (AvgIpc) is 3.10. The van der Waals surface area contributed by atoms with Crippen LogP contribution in [0.3, 0.4) is 0 Å². The highest BCUT2D eigenvalue weighted by Crippen LogP contribution is 2.29. The van der Waals surface area contributed by atoms with Crippen LogP contribution in [0.4, 0.5) is 5.69 Å². The number of carbonyl (C=O) groups excluding carboxylic acids is 1. The maximum atomic E-state index is 13.3. The van der Waals surface area contributed by atoms with Crippen molar-refractivity contribution in [1.82, 2.24) is 9.97 Å². The molecule has 0 aliphatic carbocycles. The lowest BCUT2D eigenvalue weighted by Crippen LogP contribution is -2.43. The van der Waals surface area contributed by atoms with E-state index in [1.165, 1.54) is 11.8 Å². The first-order chi connectivity index (χ1) is 13.9. The van der Waals surface area contributed by atoms with Gasteiger partial charge in [0.25, 0.3) is 0 Å². The van der Waals surface area contributed by atoms with Gasteiger partial charge in [0.1, 0.15) is 0 Å². The van der Waals surface area contributed by atoms with Gasteiger partial charge in [-0.05, 0) is 49.6 Å². The van der Waals surface area contributed by atoms with Gasteiger partial charge in [-0.2, -0.15) is 0 Å². The molecule has 0 bridgehead atoms. The predicted molar refractivity (Wildman–Crippen MR) is 128 cm³/mol. The number of hydrogen-bond acceptors (Lipinski definition) is 4. The van der Waals surface area contributed by atoms with E-state index in [0.29, 0.717) is 16.8 Å². The Balaban J connectivity index is 0.00000320. The zero-order valence-corrected chi connectivity index (χ0v) is 20.0. The SMILES string of the molecule is CCc1cccc(C)c1N(C(=O)CSc1nc2ccc(Cl)cc2[nH]1)C(C)COC.Cl. The standard InChI is InChI=1S/C22H26ClN3O2S.ClH/c1-5-16-8-6-7-14(2)21(16)26(15(3)12-28-4)20(27)13-29-22-24-18-10-9-17(23)11-19(18)25-22;/h6-11,15H,5,12-13H2,1-4H3,(H,24,25);1H. The van der Waals surface area contributed by atoms with E-state index in [4.69, 9.17) is 16.3 Å². The van der Waals surface area contributed by atoms with Crippen molar-refractivity contribution in [2.24, 2.45) is 0 Å². The smallest absolute Gasteiger partial charge is 0.237 e. The van der Waals surface area contributed by atoms with E-state index in [1.54, 1.807) is 7.11 Å². The summed E-state index contributed by atoms with van der Waals surface area (Å²) in [7, 11) is 1.66. The normalized spacial score (nSPS) is 11.9. The molecule has 1 N–H and O–H groups in total. The van der Waals surface area contributed by atoms with Crippen LogP contribution < -0.4 is 4.90 Å². The summed E-state index contributed by atoms with van der Waals surface area (Å²) in [6.07, 6.45) is 0.859. The second-order valence-corrected chi connectivity index (χ2v) is 8.40. The molecule has 0 saturated heterocycles. The summed E-state index contributed by atoms with van der Waals surface area (Å²) >= 11 is 7.44. The fraction of sp³-hybridized carbons (Fsp3) is 0.364. The molecular formula is C22H27Cl2N3O2S. The summed E-state index contributed by atoms with van der Waals surface area (Å²) in [5.74, 6) is 0.307. The number of aromatic nitrogens is 2. The van der Waals surface area contributed by atoms with Crippen molar-refractivity contribution in [3.8, 4) is 0 Å². The molecule has 1 atom stereocenters. The van der Waals surface area contributed by atoms with Gasteiger partial charge in [-0.15, -0.1) is 12.4 Å². The van der Waals surface area contributed by atoms with E-state index >= 15 is 0 Å². The molecule has 2 aromatic carbocycles. The first kappa shape index (κ1) is 24.5. The molecule has 3 rings (SSSR count). The number of nitrogens with one attached hydrogen (secondary N) is 1. The Hall–Kier alpha value is -1.73. The number of carbonyl (C=O) groups is 1. The number of rotatable bonds is 8. The lowest BCUT2D eigenvalue weighted by Gasteiger charge is -2.32. The van der Waals surface area contributed by atoms with Crippen LogP contribution in [0.25, 0.3) is 11.0 Å². The van der Waals surface area contributed by atoms with Gasteiger partial charge in [0.05, 0.1) is 35.1 Å². The Morgan fingerprint density at radius 3 is 2.80 bits per heavy atom. The summed E-state index contributed by atoms with van der Waals surface area (Å²) in [4.78, 5) is 23.0. The van der Waals surface area contributed by atoms with Gasteiger partial charge in [0.15, 0.2) is 5.16 Å². The van der Waals surface area contributed by atoms with Crippen LogP contribution in [0, 0.1) is 6.92 Å². The molecule has 1 amide bonds. The maximum Gasteiger partial charge on any atom is 0.237 e. The van der Waals surface area contributed by atoms with Crippen molar-refractivity contribution >= 4 is 58.4 Å². The molecule has 0 aliphatic rings. The van der Waals surface area contributed by atoms with Crippen molar-refractivity contribution in [3.05, 3.63) is 52.5 Å². The lowest BCUT2D eigenvalue weighted by atomic mass is 10.0. The minimum atomic E-state index is -0.0750. The van der Waals surface area contributed by atoms with Gasteiger partial charge in [0, 0.05) is 12.1 Å². The van der Waals surface area contributed by atoms with Crippen LogP contribution in [0.2, 0.25) is 5.02 Å². The number of para-hydroxylation sites is 1. The van der Waals surface area contributed by atoms with E-state index in [9.17, 15) is 4.79 Å². The van der Waals surface area contributed by atoms with Crippen molar-refractivity contribution in [1.29, 1.82) is 0 Å². The van der Waals surface area contributed by atoms with E-state index < -0.39 is 0 Å². The average molecular weight is 468 g/mol. The molecule has 8 heteroatoms. The molecule has 0 aliphatic heterocycles. The third-order valence-electron chi connectivity index (χ3n) is 4.82. The number of methoxy groups -OCH3 is 1. The molecular weight excluding hydrogens is 441 g/mol. The lowest BCUT2D eigenvalue weighted by molar-refractivity contribution is -0.116. The van der Waals surface area contributed by atoms with Crippen molar-refractivity contribution < 1.29 is 9.53 Å². The largest absolute Gasteiger partial charge is 0.383 e. The van der Waals surface area contributed by atoms with Crippen LogP contribution in [-0.2, 0) is 16.0 Å². The first-order valence-corrected chi connectivity index (χ1v) is 11.0. The number of thioether (sulfide) groups is 1. The van der Waals surface area contributed by atoms with E-state index in [1.807, 2.05) is 49.1 Å². The monoisotopic (exact) mass is 467 g/mol. The number of anilines is 1. The van der Waals surface area contributed by atoms with Crippen molar-refractivity contribution in [2.75, 3.05) is 24.4 Å². The van der Waals surface area contributed by atoms with Crippen LogP contribution in [0.15, 0.2) is 41.6 Å². The molecule has 0 radical (unpaired) electrons. The number of H-pyrrole nitrogens is 1. The number of hydrogen-bond donors (Lipinski definition) is 1. The number of ether oxygens (including phenoxy) is 1. The zero-order valence-electron chi connectivity index (χ0n) is 17.6. The summed E-state index contributed by atoms with van der Waals surface area (Å²) in [6.45, 7) is 6.64. The van der Waals surface area contributed by atoms with Crippen LogP contribution in [0.5, 0.6) is 0 Å². The molecule has 1 heterocycles. The zero-order chi connectivity index (χ0) is 21.0. The molecule has 30 heavy (non-hydrogen) atoms. The molecule has 1 aromatic heterocycles. The number of imidazole rings is 1. The third-order valence-corrected chi connectivity index (χ3v) is 5.91. The van der Waals surface area contributed by atoms with Gasteiger partial charge in [-0.3, -0.25) is 4.79 Å². The van der Waals surface area contributed by atoms with Crippen LogP contribution in [-0.4, -0.2) is 41.4 Å². The molecule has 0 fully saturated rings. The fourth-order valence-corrected chi connectivity index (χ4v) is 4.40. The number of aromatic amines is 1. The first-order valence-electron chi connectivity index (χ1n) is 9.62. The third kappa shape index (κ3) is 5.49. The molecule has 5 nitrogen and oxygen atoms in total. The van der Waals surface area contributed by atoms with Gasteiger partial charge < -0.3 is 14.6 Å². The maximum absolute atomic E-state index is 13.3. The summed E-state index contributed by atoms with van der Waals surface area (Å²) in [6, 6.07) is 11.6. The number of amides is 1. The minimum Gasteiger partial charge on any atom is -0.383 e. The summed E-state index contributed by atoms with van der Waals surface area (Å²) in [5, 5.41) is 1.36. The van der Waals surface area contributed by atoms with Crippen molar-refractivity contribution in [2.45, 2.75) is 38.4 Å². The number of halogens is 2. The number of fused-ring (bicyclic) bond motifs is 1. The van der Waals surface area contributed by atoms with Gasteiger partial charge in [-0.25, -0.2) is 4.98 Å². The second kappa shape index (κ2) is 11.0.